The smallest absolute Gasteiger partial charge is 0.307 e. The van der Waals surface area contributed by atoms with Crippen molar-refractivity contribution in [3.05, 3.63) is 30.1 Å². The fourth-order valence-corrected chi connectivity index (χ4v) is 3.20. The first-order valence-electron chi connectivity index (χ1n) is 6.34. The average molecular weight is 261 g/mol. The van der Waals surface area contributed by atoms with E-state index in [1.54, 1.807) is 12.3 Å². The Balaban J connectivity index is 1.68. The molecule has 2 aliphatic carbocycles. The van der Waals surface area contributed by atoms with Crippen LogP contribution < -0.4 is 5.32 Å². The lowest BCUT2D eigenvalue weighted by atomic mass is 9.82. The first-order chi connectivity index (χ1) is 9.16. The predicted molar refractivity (Wildman–Crippen MR) is 65.8 cm³/mol. The molecule has 2 aliphatic rings. The third-order valence-corrected chi connectivity index (χ3v) is 4.06. The first-order valence-corrected chi connectivity index (χ1v) is 6.34. The van der Waals surface area contributed by atoms with Crippen LogP contribution in [-0.2, 0) is 16.1 Å². The third kappa shape index (κ3) is 2.03. The van der Waals surface area contributed by atoms with Gasteiger partial charge < -0.3 is 10.4 Å². The monoisotopic (exact) mass is 261 g/mol. The highest BCUT2D eigenvalue weighted by atomic mass is 16.4. The Morgan fingerprint density at radius 3 is 2.74 bits per heavy atom. The van der Waals surface area contributed by atoms with Gasteiger partial charge in [0.15, 0.2) is 0 Å². The average Bonchev–Trinajstić information content (AvgIpc) is 3.10. The summed E-state index contributed by atoms with van der Waals surface area (Å²) in [7, 11) is 0. The number of carboxylic acid groups (broad SMARTS) is 1. The lowest BCUT2D eigenvalue weighted by Crippen LogP contribution is -2.39. The van der Waals surface area contributed by atoms with E-state index in [1.165, 1.54) is 0 Å². The number of rotatable bonds is 4. The lowest BCUT2D eigenvalue weighted by Gasteiger charge is -2.23. The molecule has 100 valence electrons. The van der Waals surface area contributed by atoms with E-state index in [4.69, 9.17) is 0 Å². The van der Waals surface area contributed by atoms with Crippen LogP contribution in [0.4, 0.5) is 0 Å². The zero-order chi connectivity index (χ0) is 13.4. The summed E-state index contributed by atoms with van der Waals surface area (Å²) < 4.78 is 0. The maximum absolute atomic E-state index is 12.2. The molecule has 2 unspecified atom stereocenters. The van der Waals surface area contributed by atoms with Crippen molar-refractivity contribution in [3.63, 3.8) is 0 Å². The van der Waals surface area contributed by atoms with E-state index >= 15 is 0 Å². The topological polar surface area (TPSA) is 95.1 Å². The van der Waals surface area contributed by atoms with Crippen molar-refractivity contribution < 1.29 is 14.7 Å². The van der Waals surface area contributed by atoms with Gasteiger partial charge in [-0.3, -0.25) is 14.7 Å². The van der Waals surface area contributed by atoms with Crippen LogP contribution in [0, 0.1) is 23.7 Å². The molecule has 1 aromatic rings. The van der Waals surface area contributed by atoms with Gasteiger partial charge in [0.2, 0.25) is 5.91 Å². The molecule has 4 atom stereocenters. The van der Waals surface area contributed by atoms with Gasteiger partial charge >= 0.3 is 5.97 Å². The zero-order valence-electron chi connectivity index (χ0n) is 10.2. The minimum absolute atomic E-state index is 0.00500. The number of nitrogens with one attached hydrogen (secondary N) is 2. The van der Waals surface area contributed by atoms with E-state index in [0.29, 0.717) is 6.54 Å². The first kappa shape index (κ1) is 12.0. The second kappa shape index (κ2) is 4.53. The van der Waals surface area contributed by atoms with Crippen LogP contribution in [0.1, 0.15) is 12.1 Å². The molecule has 1 saturated carbocycles. The van der Waals surface area contributed by atoms with Gasteiger partial charge in [0.25, 0.3) is 0 Å². The van der Waals surface area contributed by atoms with E-state index in [2.05, 4.69) is 15.5 Å². The van der Waals surface area contributed by atoms with Gasteiger partial charge in [-0.1, -0.05) is 12.2 Å². The Hall–Kier alpha value is -2.11. The van der Waals surface area contributed by atoms with Crippen LogP contribution in [0.25, 0.3) is 0 Å². The molecule has 3 rings (SSSR count). The van der Waals surface area contributed by atoms with Gasteiger partial charge in [-0.05, 0) is 24.3 Å². The van der Waals surface area contributed by atoms with Gasteiger partial charge in [0, 0.05) is 6.20 Å². The number of carbonyl (C=O) groups is 2. The molecule has 3 N–H and O–H groups in total. The number of aliphatic carboxylic acids is 1. The summed E-state index contributed by atoms with van der Waals surface area (Å²) >= 11 is 0. The van der Waals surface area contributed by atoms with Crippen LogP contribution in [0.2, 0.25) is 0 Å². The van der Waals surface area contributed by atoms with Crippen molar-refractivity contribution in [2.45, 2.75) is 13.0 Å². The third-order valence-electron chi connectivity index (χ3n) is 4.06. The molecule has 1 amide bonds. The second-order valence-electron chi connectivity index (χ2n) is 5.14. The Bertz CT molecular complexity index is 523. The molecule has 6 heteroatoms. The van der Waals surface area contributed by atoms with Crippen molar-refractivity contribution in [1.82, 2.24) is 15.5 Å². The maximum atomic E-state index is 12.2. The minimum Gasteiger partial charge on any atom is -0.481 e. The molecule has 6 nitrogen and oxygen atoms in total. The van der Waals surface area contributed by atoms with Crippen LogP contribution >= 0.6 is 0 Å². The van der Waals surface area contributed by atoms with Gasteiger partial charge in [-0.15, -0.1) is 0 Å². The fraction of sp³-hybridized carbons (Fsp3) is 0.462. The molecular weight excluding hydrogens is 246 g/mol. The Labute approximate surface area is 109 Å². The van der Waals surface area contributed by atoms with Crippen LogP contribution in [0.3, 0.4) is 0 Å². The highest BCUT2D eigenvalue weighted by Crippen LogP contribution is 2.48. The molecule has 2 bridgehead atoms. The molecule has 1 fully saturated rings. The minimum atomic E-state index is -0.876. The van der Waals surface area contributed by atoms with Gasteiger partial charge in [-0.25, -0.2) is 0 Å². The van der Waals surface area contributed by atoms with E-state index in [1.807, 2.05) is 12.2 Å². The molecule has 0 aromatic carbocycles. The summed E-state index contributed by atoms with van der Waals surface area (Å²) in [4.78, 5) is 23.5. The summed E-state index contributed by atoms with van der Waals surface area (Å²) in [5.41, 5.74) is 0.805. The fourth-order valence-electron chi connectivity index (χ4n) is 3.20. The van der Waals surface area contributed by atoms with Crippen molar-refractivity contribution >= 4 is 11.9 Å². The molecule has 0 spiro atoms. The number of carboxylic acids is 1. The molecule has 1 aromatic heterocycles. The number of aromatic nitrogens is 2. The SMILES string of the molecule is O=C(O)[C@@H]1C2C=CC(C2)[C@@H]1C(=O)NCc1ccn[nH]1. The normalized spacial score (nSPS) is 31.6. The summed E-state index contributed by atoms with van der Waals surface area (Å²) in [6.45, 7) is 0.350. The molecule has 0 radical (unpaired) electrons. The summed E-state index contributed by atoms with van der Waals surface area (Å²) in [5.74, 6) is -2.03. The van der Waals surface area contributed by atoms with Crippen molar-refractivity contribution in [2.24, 2.45) is 23.7 Å². The van der Waals surface area contributed by atoms with Crippen LogP contribution in [0.5, 0.6) is 0 Å². The van der Waals surface area contributed by atoms with Gasteiger partial charge in [0.05, 0.1) is 24.1 Å². The Kier molecular flexibility index (Phi) is 2.85. The summed E-state index contributed by atoms with van der Waals surface area (Å²) in [5, 5.41) is 18.6. The number of hydrogen-bond acceptors (Lipinski definition) is 3. The number of carbonyl (C=O) groups excluding carboxylic acids is 1. The number of H-pyrrole nitrogens is 1. The molecule has 0 saturated heterocycles. The number of allylic oxidation sites excluding steroid dienone is 2. The number of aromatic amines is 1. The summed E-state index contributed by atoms with van der Waals surface area (Å²) in [6, 6.07) is 1.77. The van der Waals surface area contributed by atoms with Crippen molar-refractivity contribution in [3.8, 4) is 0 Å². The van der Waals surface area contributed by atoms with Crippen molar-refractivity contribution in [1.29, 1.82) is 0 Å². The van der Waals surface area contributed by atoms with E-state index in [-0.39, 0.29) is 17.7 Å². The highest BCUT2D eigenvalue weighted by molar-refractivity contribution is 5.86. The highest BCUT2D eigenvalue weighted by Gasteiger charge is 2.51. The predicted octanol–water partition coefficient (Wildman–Crippen LogP) is 0.549. The van der Waals surface area contributed by atoms with Gasteiger partial charge in [-0.2, -0.15) is 5.10 Å². The molecule has 0 aliphatic heterocycles. The Morgan fingerprint density at radius 2 is 2.11 bits per heavy atom. The van der Waals surface area contributed by atoms with E-state index < -0.39 is 17.8 Å². The largest absolute Gasteiger partial charge is 0.481 e. The summed E-state index contributed by atoms with van der Waals surface area (Å²) in [6.07, 6.45) is 6.30. The zero-order valence-corrected chi connectivity index (χ0v) is 10.2. The number of hydrogen-bond donors (Lipinski definition) is 3. The number of fused-ring (bicyclic) bond motifs is 2. The van der Waals surface area contributed by atoms with Crippen molar-refractivity contribution in [2.75, 3.05) is 0 Å². The Morgan fingerprint density at radius 1 is 1.37 bits per heavy atom. The molecule has 19 heavy (non-hydrogen) atoms. The van der Waals surface area contributed by atoms with E-state index in [9.17, 15) is 14.7 Å². The van der Waals surface area contributed by atoms with Crippen LogP contribution in [-0.4, -0.2) is 27.2 Å². The number of nitrogens with zero attached hydrogens (tertiary/aromatic N) is 1. The molecular formula is C13H15N3O3. The standard InChI is InChI=1S/C13H15N3O3/c17-12(14-6-9-3-4-15-16-9)10-7-1-2-8(5-7)11(10)13(18)19/h1-4,7-8,10-11H,5-6H2,(H,14,17)(H,15,16)(H,18,19)/t7?,8?,10-,11+/m0/s1. The molecule has 1 heterocycles. The maximum Gasteiger partial charge on any atom is 0.307 e. The number of amides is 1. The lowest BCUT2D eigenvalue weighted by molar-refractivity contribution is -0.147. The quantitative estimate of drug-likeness (QED) is 0.690. The van der Waals surface area contributed by atoms with E-state index in [0.717, 1.165) is 12.1 Å². The van der Waals surface area contributed by atoms with Crippen LogP contribution in [0.15, 0.2) is 24.4 Å². The second-order valence-corrected chi connectivity index (χ2v) is 5.14. The van der Waals surface area contributed by atoms with Gasteiger partial charge in [0.1, 0.15) is 0 Å².